The quantitative estimate of drug-likeness (QED) is 0.303. The van der Waals surface area contributed by atoms with Gasteiger partial charge in [-0.1, -0.05) is 62.6 Å². The van der Waals surface area contributed by atoms with Crippen LogP contribution in [0, 0.1) is 0 Å². The molecule has 0 heterocycles. The van der Waals surface area contributed by atoms with Crippen LogP contribution in [0.25, 0.3) is 0 Å². The van der Waals surface area contributed by atoms with E-state index >= 15 is 0 Å². The Morgan fingerprint density at radius 1 is 0.792 bits per heavy atom. The normalized spacial score (nSPS) is 12.7. The first-order valence-corrected chi connectivity index (χ1v) is 9.71. The molecule has 0 saturated carbocycles. The zero-order chi connectivity index (χ0) is 18.1. The first kappa shape index (κ1) is 22.7. The topological polar surface area (TPSA) is 29.1 Å². The van der Waals surface area contributed by atoms with Crippen molar-refractivity contribution in [3.63, 3.8) is 0 Å². The molecule has 138 valence electrons. The summed E-state index contributed by atoms with van der Waals surface area (Å²) in [5.74, 6) is 0.184. The van der Waals surface area contributed by atoms with Crippen molar-refractivity contribution in [2.75, 3.05) is 0 Å². The summed E-state index contributed by atoms with van der Waals surface area (Å²) < 4.78 is 0. The van der Waals surface area contributed by atoms with Crippen LogP contribution in [0.2, 0.25) is 0 Å². The van der Waals surface area contributed by atoms with Crippen LogP contribution < -0.4 is 5.32 Å². The maximum absolute atomic E-state index is 11.7. The summed E-state index contributed by atoms with van der Waals surface area (Å²) >= 11 is 0. The summed E-state index contributed by atoms with van der Waals surface area (Å²) in [4.78, 5) is 11.7. The average Bonchev–Trinajstić information content (AvgIpc) is 2.49. The molecule has 0 aliphatic rings. The van der Waals surface area contributed by atoms with E-state index in [2.05, 4.69) is 48.7 Å². The highest BCUT2D eigenvalue weighted by atomic mass is 16.1. The fraction of sp³-hybridized carbons (Fsp3) is 0.682. The molecule has 0 radical (unpaired) electrons. The highest BCUT2D eigenvalue weighted by Gasteiger charge is 2.12. The van der Waals surface area contributed by atoms with Gasteiger partial charge in [-0.05, 0) is 59.3 Å². The minimum Gasteiger partial charge on any atom is -0.352 e. The van der Waals surface area contributed by atoms with Crippen LogP contribution in [0.1, 0.15) is 91.9 Å². The zero-order valence-corrected chi connectivity index (χ0v) is 16.4. The van der Waals surface area contributed by atoms with E-state index in [-0.39, 0.29) is 11.4 Å². The van der Waals surface area contributed by atoms with E-state index in [1.165, 1.54) is 25.7 Å². The number of carbonyl (C=O) groups excluding carboxylic acids is 1. The number of rotatable bonds is 13. The van der Waals surface area contributed by atoms with Crippen LogP contribution >= 0.6 is 0 Å². The molecule has 0 spiro atoms. The molecule has 0 aliphatic carbocycles. The molecule has 0 atom stereocenters. The van der Waals surface area contributed by atoms with E-state index in [0.717, 1.165) is 32.1 Å². The summed E-state index contributed by atoms with van der Waals surface area (Å²) in [5.41, 5.74) is -0.106. The van der Waals surface area contributed by atoms with Crippen LogP contribution in [0.15, 0.2) is 36.5 Å². The van der Waals surface area contributed by atoms with E-state index in [1.807, 2.05) is 20.8 Å². The van der Waals surface area contributed by atoms with E-state index < -0.39 is 0 Å². The highest BCUT2D eigenvalue weighted by Crippen LogP contribution is 2.09. The Morgan fingerprint density at radius 2 is 1.33 bits per heavy atom. The summed E-state index contributed by atoms with van der Waals surface area (Å²) in [6.45, 7) is 8.24. The maximum atomic E-state index is 11.7. The molecule has 0 aliphatic heterocycles. The third-order valence-electron chi connectivity index (χ3n) is 3.57. The lowest BCUT2D eigenvalue weighted by Gasteiger charge is -2.20. The molecule has 0 rings (SSSR count). The van der Waals surface area contributed by atoms with Gasteiger partial charge in [0.2, 0.25) is 5.91 Å². The van der Waals surface area contributed by atoms with Crippen molar-refractivity contribution < 1.29 is 4.79 Å². The molecule has 0 aromatic rings. The first-order valence-electron chi connectivity index (χ1n) is 9.71. The number of carbonyl (C=O) groups is 1. The van der Waals surface area contributed by atoms with Crippen molar-refractivity contribution in [1.29, 1.82) is 0 Å². The molecular weight excluding hydrogens is 294 g/mol. The molecule has 0 unspecified atom stereocenters. The van der Waals surface area contributed by atoms with Crippen molar-refractivity contribution in [1.82, 2.24) is 5.32 Å². The standard InChI is InChI=1S/C22H39NO/c1-5-6-7-8-9-10-11-12-13-14-15-16-17-18-19-20-21(24)23-22(2,3)4/h6-7,9-10,12-13H,5,8,11,14-20H2,1-4H3,(H,23,24)/b7-6-,10-9-,13-12-. The van der Waals surface area contributed by atoms with Crippen LogP contribution in [0.5, 0.6) is 0 Å². The van der Waals surface area contributed by atoms with E-state index in [9.17, 15) is 4.79 Å². The highest BCUT2D eigenvalue weighted by molar-refractivity contribution is 5.76. The van der Waals surface area contributed by atoms with Crippen LogP contribution in [0.4, 0.5) is 0 Å². The Morgan fingerprint density at radius 3 is 1.96 bits per heavy atom. The van der Waals surface area contributed by atoms with Gasteiger partial charge in [0.15, 0.2) is 0 Å². The van der Waals surface area contributed by atoms with E-state index in [4.69, 9.17) is 0 Å². The van der Waals surface area contributed by atoms with Crippen molar-refractivity contribution >= 4 is 5.91 Å². The third kappa shape index (κ3) is 18.7. The Balaban J connectivity index is 3.37. The molecule has 1 amide bonds. The molecule has 2 heteroatoms. The minimum absolute atomic E-state index is 0.106. The Hall–Kier alpha value is -1.31. The van der Waals surface area contributed by atoms with Crippen LogP contribution in [-0.2, 0) is 4.79 Å². The largest absolute Gasteiger partial charge is 0.352 e. The number of unbranched alkanes of at least 4 members (excludes halogenated alkanes) is 5. The summed E-state index contributed by atoms with van der Waals surface area (Å²) in [6, 6.07) is 0. The van der Waals surface area contributed by atoms with Crippen molar-refractivity contribution in [3.05, 3.63) is 36.5 Å². The lowest BCUT2D eigenvalue weighted by molar-refractivity contribution is -0.122. The predicted molar refractivity (Wildman–Crippen MR) is 107 cm³/mol. The zero-order valence-electron chi connectivity index (χ0n) is 16.4. The summed E-state index contributed by atoms with van der Waals surface area (Å²) in [7, 11) is 0. The van der Waals surface area contributed by atoms with Gasteiger partial charge in [0.1, 0.15) is 0 Å². The summed E-state index contributed by atoms with van der Waals surface area (Å²) in [6.07, 6.45) is 24.4. The van der Waals surface area contributed by atoms with Gasteiger partial charge in [0.25, 0.3) is 0 Å². The molecule has 1 N–H and O–H groups in total. The van der Waals surface area contributed by atoms with Gasteiger partial charge in [0, 0.05) is 12.0 Å². The van der Waals surface area contributed by atoms with Gasteiger partial charge in [0.05, 0.1) is 0 Å². The predicted octanol–water partition coefficient (Wildman–Crippen LogP) is 6.49. The van der Waals surface area contributed by atoms with Gasteiger partial charge in [-0.2, -0.15) is 0 Å². The number of allylic oxidation sites excluding steroid dienone is 6. The third-order valence-corrected chi connectivity index (χ3v) is 3.57. The lowest BCUT2D eigenvalue weighted by atomic mass is 10.1. The smallest absolute Gasteiger partial charge is 0.220 e. The van der Waals surface area contributed by atoms with Gasteiger partial charge in [-0.25, -0.2) is 0 Å². The molecule has 0 bridgehead atoms. The molecule has 0 saturated heterocycles. The Labute approximate surface area is 150 Å². The molecule has 24 heavy (non-hydrogen) atoms. The first-order chi connectivity index (χ1) is 11.5. The fourth-order valence-electron chi connectivity index (χ4n) is 2.39. The van der Waals surface area contributed by atoms with Gasteiger partial charge < -0.3 is 5.32 Å². The second-order valence-electron chi connectivity index (χ2n) is 7.40. The number of hydrogen-bond acceptors (Lipinski definition) is 1. The molecule has 2 nitrogen and oxygen atoms in total. The van der Waals surface area contributed by atoms with Crippen molar-refractivity contribution in [2.24, 2.45) is 0 Å². The Kier molecular flexibility index (Phi) is 14.4. The summed E-state index contributed by atoms with van der Waals surface area (Å²) in [5, 5.41) is 3.01. The lowest BCUT2D eigenvalue weighted by Crippen LogP contribution is -2.40. The average molecular weight is 334 g/mol. The number of amides is 1. The fourth-order valence-corrected chi connectivity index (χ4v) is 2.39. The van der Waals surface area contributed by atoms with Gasteiger partial charge in [-0.15, -0.1) is 0 Å². The van der Waals surface area contributed by atoms with Crippen LogP contribution in [0.3, 0.4) is 0 Å². The second-order valence-corrected chi connectivity index (χ2v) is 7.40. The number of hydrogen-bond donors (Lipinski definition) is 1. The van der Waals surface area contributed by atoms with E-state index in [1.54, 1.807) is 0 Å². The van der Waals surface area contributed by atoms with Gasteiger partial charge in [-0.3, -0.25) is 4.79 Å². The van der Waals surface area contributed by atoms with E-state index in [0.29, 0.717) is 6.42 Å². The molecule has 0 aromatic carbocycles. The molecular formula is C22H39NO. The van der Waals surface area contributed by atoms with Crippen molar-refractivity contribution in [2.45, 2.75) is 97.4 Å². The Bertz CT molecular complexity index is 385. The van der Waals surface area contributed by atoms with Crippen molar-refractivity contribution in [3.8, 4) is 0 Å². The molecule has 0 aromatic heterocycles. The number of nitrogens with one attached hydrogen (secondary N) is 1. The monoisotopic (exact) mass is 333 g/mol. The SMILES string of the molecule is CC/C=C\C/C=C\C/C=C\CCCCCCCC(=O)NC(C)(C)C. The minimum atomic E-state index is -0.106. The maximum Gasteiger partial charge on any atom is 0.220 e. The molecule has 0 fully saturated rings. The van der Waals surface area contributed by atoms with Gasteiger partial charge >= 0.3 is 0 Å². The second kappa shape index (κ2) is 15.2. The van der Waals surface area contributed by atoms with Crippen LogP contribution in [-0.4, -0.2) is 11.4 Å².